The summed E-state index contributed by atoms with van der Waals surface area (Å²) < 4.78 is 5.34. The van der Waals surface area contributed by atoms with Crippen LogP contribution in [0.2, 0.25) is 0 Å². The Morgan fingerprint density at radius 2 is 2.07 bits per heavy atom. The van der Waals surface area contributed by atoms with Crippen LogP contribution in [0.25, 0.3) is 0 Å². The van der Waals surface area contributed by atoms with Crippen molar-refractivity contribution in [3.63, 3.8) is 0 Å². The highest BCUT2D eigenvalue weighted by molar-refractivity contribution is 4.79. The van der Waals surface area contributed by atoms with Gasteiger partial charge in [-0.05, 0) is 24.7 Å². The molecule has 1 aliphatic rings. The number of hydrogen-bond donors (Lipinski definition) is 2. The van der Waals surface area contributed by atoms with Gasteiger partial charge in [-0.15, -0.1) is 0 Å². The molecule has 1 fully saturated rings. The zero-order valence-electron chi connectivity index (χ0n) is 9.38. The summed E-state index contributed by atoms with van der Waals surface area (Å²) in [7, 11) is 0. The van der Waals surface area contributed by atoms with E-state index in [1.807, 2.05) is 6.92 Å². The summed E-state index contributed by atoms with van der Waals surface area (Å²) in [6.45, 7) is 7.77. The van der Waals surface area contributed by atoms with Crippen molar-refractivity contribution < 1.29 is 9.84 Å². The van der Waals surface area contributed by atoms with Crippen LogP contribution < -0.4 is 5.32 Å². The van der Waals surface area contributed by atoms with E-state index < -0.39 is 0 Å². The maximum Gasteiger partial charge on any atom is 0.0662 e. The van der Waals surface area contributed by atoms with Crippen LogP contribution in [0.3, 0.4) is 0 Å². The highest BCUT2D eigenvalue weighted by atomic mass is 16.5. The maximum absolute atomic E-state index is 9.38. The van der Waals surface area contributed by atoms with Crippen molar-refractivity contribution in [2.24, 2.45) is 5.41 Å². The predicted molar refractivity (Wildman–Crippen MR) is 57.3 cm³/mol. The van der Waals surface area contributed by atoms with Crippen molar-refractivity contribution in [3.8, 4) is 0 Å². The van der Waals surface area contributed by atoms with Gasteiger partial charge in [0.1, 0.15) is 0 Å². The lowest BCUT2D eigenvalue weighted by atomic mass is 9.82. The quantitative estimate of drug-likeness (QED) is 0.701. The van der Waals surface area contributed by atoms with Gasteiger partial charge >= 0.3 is 0 Å². The Morgan fingerprint density at radius 1 is 1.43 bits per heavy atom. The largest absolute Gasteiger partial charge is 0.392 e. The minimum atomic E-state index is -0.196. The molecule has 1 aliphatic heterocycles. The van der Waals surface area contributed by atoms with E-state index in [0.717, 1.165) is 39.0 Å². The molecule has 2 N–H and O–H groups in total. The zero-order valence-corrected chi connectivity index (χ0v) is 9.38. The molecular weight excluding hydrogens is 178 g/mol. The number of aliphatic hydroxyl groups is 1. The van der Waals surface area contributed by atoms with Gasteiger partial charge in [0.25, 0.3) is 0 Å². The molecule has 1 saturated heterocycles. The Bertz CT molecular complexity index is 155. The molecular formula is C11H23NO2. The molecule has 0 spiro atoms. The molecule has 1 atom stereocenters. The van der Waals surface area contributed by atoms with Crippen LogP contribution in [0.1, 0.15) is 33.1 Å². The molecule has 0 aromatic carbocycles. The van der Waals surface area contributed by atoms with Gasteiger partial charge in [0.05, 0.1) is 6.10 Å². The van der Waals surface area contributed by atoms with Gasteiger partial charge in [0.15, 0.2) is 0 Å². The molecule has 0 aromatic heterocycles. The van der Waals surface area contributed by atoms with Gasteiger partial charge < -0.3 is 15.2 Å². The Labute approximate surface area is 86.8 Å². The molecule has 14 heavy (non-hydrogen) atoms. The molecule has 0 bridgehead atoms. The van der Waals surface area contributed by atoms with Crippen LogP contribution in [0.5, 0.6) is 0 Å². The minimum absolute atomic E-state index is 0.196. The highest BCUT2D eigenvalue weighted by Crippen LogP contribution is 2.28. The summed E-state index contributed by atoms with van der Waals surface area (Å²) in [6.07, 6.45) is 2.88. The van der Waals surface area contributed by atoms with E-state index in [2.05, 4.69) is 12.2 Å². The molecule has 0 saturated carbocycles. The molecule has 3 nitrogen and oxygen atoms in total. The topological polar surface area (TPSA) is 41.5 Å². The minimum Gasteiger partial charge on any atom is -0.392 e. The van der Waals surface area contributed by atoms with Gasteiger partial charge in [0.2, 0.25) is 0 Å². The van der Waals surface area contributed by atoms with Crippen molar-refractivity contribution in [2.75, 3.05) is 26.3 Å². The lowest BCUT2D eigenvalue weighted by Gasteiger charge is -2.34. The maximum atomic E-state index is 9.38. The van der Waals surface area contributed by atoms with Crippen LogP contribution in [-0.4, -0.2) is 37.5 Å². The van der Waals surface area contributed by atoms with Gasteiger partial charge in [-0.3, -0.25) is 0 Å². The summed E-state index contributed by atoms with van der Waals surface area (Å²) >= 11 is 0. The van der Waals surface area contributed by atoms with E-state index in [9.17, 15) is 5.11 Å². The van der Waals surface area contributed by atoms with Crippen molar-refractivity contribution in [2.45, 2.75) is 39.2 Å². The number of hydrogen-bond acceptors (Lipinski definition) is 3. The lowest BCUT2D eigenvalue weighted by molar-refractivity contribution is 0.0227. The molecule has 84 valence electrons. The standard InChI is InChI=1S/C11H23NO2/c1-3-10(13)8-12-9-11(2)4-6-14-7-5-11/h10,12-13H,3-9H2,1-2H3. The Kier molecular flexibility index (Phi) is 4.85. The van der Waals surface area contributed by atoms with Crippen LogP contribution in [0.15, 0.2) is 0 Å². The van der Waals surface area contributed by atoms with Crippen molar-refractivity contribution in [1.29, 1.82) is 0 Å². The van der Waals surface area contributed by atoms with Gasteiger partial charge in [-0.25, -0.2) is 0 Å². The van der Waals surface area contributed by atoms with E-state index in [1.54, 1.807) is 0 Å². The number of ether oxygens (including phenoxy) is 1. The fourth-order valence-corrected chi connectivity index (χ4v) is 1.73. The van der Waals surface area contributed by atoms with Gasteiger partial charge in [-0.1, -0.05) is 13.8 Å². The van der Waals surface area contributed by atoms with E-state index in [1.165, 1.54) is 0 Å². The van der Waals surface area contributed by atoms with Crippen LogP contribution in [0, 0.1) is 5.41 Å². The monoisotopic (exact) mass is 201 g/mol. The number of aliphatic hydroxyl groups excluding tert-OH is 1. The van der Waals surface area contributed by atoms with Crippen molar-refractivity contribution >= 4 is 0 Å². The first kappa shape index (κ1) is 12.0. The SMILES string of the molecule is CCC(O)CNCC1(C)CCOCC1. The second kappa shape index (κ2) is 5.69. The zero-order chi connectivity index (χ0) is 10.4. The Morgan fingerprint density at radius 3 is 2.64 bits per heavy atom. The second-order valence-corrected chi connectivity index (χ2v) is 4.62. The number of nitrogens with one attached hydrogen (secondary N) is 1. The Hall–Kier alpha value is -0.120. The normalized spacial score (nSPS) is 23.4. The average Bonchev–Trinajstić information content (AvgIpc) is 2.18. The first-order valence-corrected chi connectivity index (χ1v) is 5.63. The van der Waals surface area contributed by atoms with Crippen LogP contribution in [-0.2, 0) is 4.74 Å². The molecule has 0 aromatic rings. The summed E-state index contributed by atoms with van der Waals surface area (Å²) in [5, 5.41) is 12.7. The molecule has 0 aliphatic carbocycles. The molecule has 1 rings (SSSR count). The molecule has 1 heterocycles. The van der Waals surface area contributed by atoms with E-state index in [0.29, 0.717) is 12.0 Å². The van der Waals surface area contributed by atoms with E-state index >= 15 is 0 Å². The molecule has 0 amide bonds. The molecule has 0 radical (unpaired) electrons. The lowest BCUT2D eigenvalue weighted by Crippen LogP contribution is -2.39. The smallest absolute Gasteiger partial charge is 0.0662 e. The van der Waals surface area contributed by atoms with Gasteiger partial charge in [0, 0.05) is 26.3 Å². The highest BCUT2D eigenvalue weighted by Gasteiger charge is 2.26. The van der Waals surface area contributed by atoms with Gasteiger partial charge in [-0.2, -0.15) is 0 Å². The molecule has 3 heteroatoms. The first-order valence-electron chi connectivity index (χ1n) is 5.63. The average molecular weight is 201 g/mol. The van der Waals surface area contributed by atoms with Crippen LogP contribution in [0.4, 0.5) is 0 Å². The second-order valence-electron chi connectivity index (χ2n) is 4.62. The van der Waals surface area contributed by atoms with Crippen LogP contribution >= 0.6 is 0 Å². The Balaban J connectivity index is 2.15. The third-order valence-electron chi connectivity index (χ3n) is 3.10. The summed E-state index contributed by atoms with van der Waals surface area (Å²) in [5.41, 5.74) is 0.367. The molecule has 1 unspecified atom stereocenters. The fraction of sp³-hybridized carbons (Fsp3) is 1.00. The predicted octanol–water partition coefficient (Wildman–Crippen LogP) is 1.16. The number of rotatable bonds is 5. The third-order valence-corrected chi connectivity index (χ3v) is 3.10. The fourth-order valence-electron chi connectivity index (χ4n) is 1.73. The van der Waals surface area contributed by atoms with E-state index in [4.69, 9.17) is 4.74 Å². The summed E-state index contributed by atoms with van der Waals surface area (Å²) in [4.78, 5) is 0. The van der Waals surface area contributed by atoms with Crippen molar-refractivity contribution in [3.05, 3.63) is 0 Å². The summed E-state index contributed by atoms with van der Waals surface area (Å²) in [6, 6.07) is 0. The van der Waals surface area contributed by atoms with Crippen molar-refractivity contribution in [1.82, 2.24) is 5.32 Å². The summed E-state index contributed by atoms with van der Waals surface area (Å²) in [5.74, 6) is 0. The van der Waals surface area contributed by atoms with E-state index in [-0.39, 0.29) is 6.10 Å². The first-order chi connectivity index (χ1) is 6.66. The third kappa shape index (κ3) is 3.95.